The third-order valence-electron chi connectivity index (χ3n) is 3.93. The highest BCUT2D eigenvalue weighted by Gasteiger charge is 2.21. The molecule has 0 aromatic heterocycles. The molecule has 2 rings (SSSR count). The van der Waals surface area contributed by atoms with Crippen LogP contribution in [0.3, 0.4) is 0 Å². The summed E-state index contributed by atoms with van der Waals surface area (Å²) in [6, 6.07) is 18.0. The van der Waals surface area contributed by atoms with Gasteiger partial charge in [0.05, 0.1) is 12.3 Å². The van der Waals surface area contributed by atoms with Crippen LogP contribution < -0.4 is 9.62 Å². The van der Waals surface area contributed by atoms with Crippen LogP contribution in [0.2, 0.25) is 0 Å². The van der Waals surface area contributed by atoms with Crippen LogP contribution in [0.5, 0.6) is 0 Å². The van der Waals surface area contributed by atoms with E-state index in [1.54, 1.807) is 0 Å². The molecule has 0 fully saturated rings. The first kappa shape index (κ1) is 18.5. The largest absolute Gasteiger partial charge is 0.367 e. The number of aryl methyl sites for hydroxylation is 1. The van der Waals surface area contributed by atoms with Gasteiger partial charge in [-0.15, -0.1) is 0 Å². The molecule has 1 N–H and O–H groups in total. The van der Waals surface area contributed by atoms with E-state index in [4.69, 9.17) is 0 Å². The fraction of sp³-hybridized carbons (Fsp3) is 0.368. The van der Waals surface area contributed by atoms with Crippen LogP contribution in [0, 0.1) is 6.92 Å². The molecule has 0 aliphatic heterocycles. The van der Waals surface area contributed by atoms with Crippen LogP contribution in [-0.2, 0) is 10.0 Å². The van der Waals surface area contributed by atoms with Crippen molar-refractivity contribution < 1.29 is 8.42 Å². The van der Waals surface area contributed by atoms with Gasteiger partial charge in [0.2, 0.25) is 10.0 Å². The summed E-state index contributed by atoms with van der Waals surface area (Å²) in [7, 11) is -3.31. The van der Waals surface area contributed by atoms with Crippen molar-refractivity contribution >= 4 is 15.7 Å². The summed E-state index contributed by atoms with van der Waals surface area (Å²) in [4.78, 5) is 2.21. The molecule has 0 saturated heterocycles. The fourth-order valence-electron chi connectivity index (χ4n) is 2.70. The Bertz CT molecular complexity index is 741. The van der Waals surface area contributed by atoms with Gasteiger partial charge in [-0.05, 0) is 38.5 Å². The fourth-order valence-corrected chi connectivity index (χ4v) is 3.43. The standard InChI is InChI=1S/C19H26N2O2S/c1-15(2)21(18-8-6-5-7-9-18)14-19(20-24(4,22)23)17-12-10-16(3)11-13-17/h5-13,15,19-20H,14H2,1-4H3/t19-/m0/s1. The molecular formula is C19H26N2O2S. The number of sulfonamides is 1. The zero-order valence-electron chi connectivity index (χ0n) is 14.7. The van der Waals surface area contributed by atoms with Gasteiger partial charge in [-0.1, -0.05) is 48.0 Å². The zero-order chi connectivity index (χ0) is 17.7. The lowest BCUT2D eigenvalue weighted by atomic mass is 10.0. The Morgan fingerprint density at radius 2 is 1.58 bits per heavy atom. The van der Waals surface area contributed by atoms with Crippen LogP contribution in [0.4, 0.5) is 5.69 Å². The maximum absolute atomic E-state index is 11.8. The predicted molar refractivity (Wildman–Crippen MR) is 101 cm³/mol. The predicted octanol–water partition coefficient (Wildman–Crippen LogP) is 3.50. The lowest BCUT2D eigenvalue weighted by molar-refractivity contribution is 0.542. The molecule has 0 saturated carbocycles. The van der Waals surface area contributed by atoms with Crippen LogP contribution in [-0.4, -0.2) is 27.3 Å². The third-order valence-corrected chi connectivity index (χ3v) is 4.64. The molecule has 0 heterocycles. The minimum atomic E-state index is -3.31. The number of hydrogen-bond donors (Lipinski definition) is 1. The molecule has 0 amide bonds. The SMILES string of the molecule is Cc1ccc([C@H](CN(c2ccccc2)C(C)C)NS(C)(=O)=O)cc1. The maximum atomic E-state index is 11.8. The van der Waals surface area contributed by atoms with E-state index in [-0.39, 0.29) is 12.1 Å². The highest BCUT2D eigenvalue weighted by atomic mass is 32.2. The van der Waals surface area contributed by atoms with Gasteiger partial charge in [0, 0.05) is 18.3 Å². The topological polar surface area (TPSA) is 49.4 Å². The molecule has 24 heavy (non-hydrogen) atoms. The van der Waals surface area contributed by atoms with Gasteiger partial charge in [-0.2, -0.15) is 0 Å². The highest BCUT2D eigenvalue weighted by Crippen LogP contribution is 2.23. The number of para-hydroxylation sites is 1. The average Bonchev–Trinajstić information content (AvgIpc) is 2.51. The number of hydrogen-bond acceptors (Lipinski definition) is 3. The maximum Gasteiger partial charge on any atom is 0.209 e. The van der Waals surface area contributed by atoms with Gasteiger partial charge in [0.15, 0.2) is 0 Å². The molecule has 0 bridgehead atoms. The quantitative estimate of drug-likeness (QED) is 0.835. The van der Waals surface area contributed by atoms with E-state index in [9.17, 15) is 8.42 Å². The minimum absolute atomic E-state index is 0.252. The van der Waals surface area contributed by atoms with Crippen LogP contribution in [0.15, 0.2) is 54.6 Å². The minimum Gasteiger partial charge on any atom is -0.367 e. The molecule has 0 spiro atoms. The Labute approximate surface area is 145 Å². The number of nitrogens with zero attached hydrogens (tertiary/aromatic N) is 1. The van der Waals surface area contributed by atoms with Gasteiger partial charge in [0.1, 0.15) is 0 Å². The summed E-state index contributed by atoms with van der Waals surface area (Å²) in [6.45, 7) is 6.81. The molecule has 2 aromatic carbocycles. The van der Waals surface area contributed by atoms with Crippen molar-refractivity contribution in [2.75, 3.05) is 17.7 Å². The van der Waals surface area contributed by atoms with E-state index in [1.165, 1.54) is 6.26 Å². The van der Waals surface area contributed by atoms with Gasteiger partial charge >= 0.3 is 0 Å². The van der Waals surface area contributed by atoms with E-state index in [0.717, 1.165) is 16.8 Å². The van der Waals surface area contributed by atoms with Crippen LogP contribution >= 0.6 is 0 Å². The Kier molecular flexibility index (Phi) is 6.02. The summed E-state index contributed by atoms with van der Waals surface area (Å²) in [5, 5.41) is 0. The summed E-state index contributed by atoms with van der Waals surface area (Å²) < 4.78 is 26.5. The molecule has 5 heteroatoms. The number of anilines is 1. The lowest BCUT2D eigenvalue weighted by Crippen LogP contribution is -2.40. The molecule has 130 valence electrons. The normalized spacial score (nSPS) is 13.0. The first-order valence-corrected chi connectivity index (χ1v) is 10.0. The Hall–Kier alpha value is -1.85. The number of rotatable bonds is 7. The Morgan fingerprint density at radius 3 is 2.08 bits per heavy atom. The first-order valence-electron chi connectivity index (χ1n) is 8.12. The molecule has 0 aliphatic rings. The molecule has 0 aliphatic carbocycles. The van der Waals surface area contributed by atoms with Gasteiger partial charge in [0.25, 0.3) is 0 Å². The Morgan fingerprint density at radius 1 is 1.00 bits per heavy atom. The lowest BCUT2D eigenvalue weighted by Gasteiger charge is -2.33. The van der Waals surface area contributed by atoms with E-state index in [0.29, 0.717) is 6.54 Å². The summed E-state index contributed by atoms with van der Waals surface area (Å²) >= 11 is 0. The van der Waals surface area contributed by atoms with Crippen LogP contribution in [0.25, 0.3) is 0 Å². The third kappa shape index (κ3) is 5.35. The van der Waals surface area contributed by atoms with Crippen molar-refractivity contribution in [1.29, 1.82) is 0 Å². The second-order valence-electron chi connectivity index (χ2n) is 6.43. The van der Waals surface area contributed by atoms with Crippen molar-refractivity contribution in [3.63, 3.8) is 0 Å². The average molecular weight is 346 g/mol. The zero-order valence-corrected chi connectivity index (χ0v) is 15.5. The van der Waals surface area contributed by atoms with E-state index < -0.39 is 10.0 Å². The number of benzene rings is 2. The molecule has 2 aromatic rings. The second kappa shape index (κ2) is 7.81. The van der Waals surface area contributed by atoms with E-state index in [2.05, 4.69) is 23.5 Å². The molecular weight excluding hydrogens is 320 g/mol. The molecule has 1 atom stereocenters. The Balaban J connectivity index is 2.33. The van der Waals surface area contributed by atoms with Gasteiger partial charge in [-0.3, -0.25) is 0 Å². The van der Waals surface area contributed by atoms with E-state index >= 15 is 0 Å². The number of nitrogens with one attached hydrogen (secondary N) is 1. The monoisotopic (exact) mass is 346 g/mol. The van der Waals surface area contributed by atoms with Crippen molar-refractivity contribution in [2.24, 2.45) is 0 Å². The second-order valence-corrected chi connectivity index (χ2v) is 8.21. The van der Waals surface area contributed by atoms with Crippen LogP contribution in [0.1, 0.15) is 31.0 Å². The first-order chi connectivity index (χ1) is 11.3. The molecule has 4 nitrogen and oxygen atoms in total. The summed E-state index contributed by atoms with van der Waals surface area (Å²) in [5.41, 5.74) is 3.20. The highest BCUT2D eigenvalue weighted by molar-refractivity contribution is 7.88. The molecule has 0 radical (unpaired) electrons. The summed E-state index contributed by atoms with van der Waals surface area (Å²) in [5.74, 6) is 0. The van der Waals surface area contributed by atoms with Crippen molar-refractivity contribution in [3.05, 3.63) is 65.7 Å². The van der Waals surface area contributed by atoms with Crippen molar-refractivity contribution in [1.82, 2.24) is 4.72 Å². The van der Waals surface area contributed by atoms with Crippen molar-refractivity contribution in [2.45, 2.75) is 32.9 Å². The summed E-state index contributed by atoms with van der Waals surface area (Å²) in [6.07, 6.45) is 1.20. The van der Waals surface area contributed by atoms with E-state index in [1.807, 2.05) is 61.5 Å². The van der Waals surface area contributed by atoms with Gasteiger partial charge < -0.3 is 4.90 Å². The van der Waals surface area contributed by atoms with Crippen molar-refractivity contribution in [3.8, 4) is 0 Å². The van der Waals surface area contributed by atoms with Gasteiger partial charge in [-0.25, -0.2) is 13.1 Å². The smallest absolute Gasteiger partial charge is 0.209 e. The molecule has 0 unspecified atom stereocenters.